The van der Waals surface area contributed by atoms with Gasteiger partial charge in [-0.05, 0) is 0 Å². The minimum Gasteiger partial charge on any atom is -0.480 e. The first-order valence-corrected chi connectivity index (χ1v) is 9.57. The van der Waals surface area contributed by atoms with Gasteiger partial charge in [0.15, 0.2) is 0 Å². The van der Waals surface area contributed by atoms with Gasteiger partial charge in [-0.2, -0.15) is 13.2 Å². The SMILES string of the molecule is C=CCSC(SCC=C)(N(CC(=O)O)C(=O)C(F)(F)F)P(=O)(O)O. The fourth-order valence-electron chi connectivity index (χ4n) is 1.45. The number of rotatable bonds is 10. The van der Waals surface area contributed by atoms with Gasteiger partial charge in [0, 0.05) is 11.5 Å². The fourth-order valence-corrected chi connectivity index (χ4v) is 5.73. The summed E-state index contributed by atoms with van der Waals surface area (Å²) in [4.78, 5) is 41.4. The summed E-state index contributed by atoms with van der Waals surface area (Å²) in [5, 5.41) is 8.81. The first kappa shape index (κ1) is 23.1. The van der Waals surface area contributed by atoms with Crippen LogP contribution in [0.4, 0.5) is 13.2 Å². The van der Waals surface area contributed by atoms with E-state index in [1.165, 1.54) is 0 Å². The van der Waals surface area contributed by atoms with Gasteiger partial charge in [-0.1, -0.05) is 12.2 Å². The third-order valence-electron chi connectivity index (χ3n) is 2.27. The summed E-state index contributed by atoms with van der Waals surface area (Å²) in [6, 6.07) is 0. The number of hydrogen-bond acceptors (Lipinski definition) is 5. The monoisotopic (exact) mass is 409 g/mol. The lowest BCUT2D eigenvalue weighted by Gasteiger charge is -2.41. The van der Waals surface area contributed by atoms with Crippen molar-refractivity contribution in [3.8, 4) is 0 Å². The van der Waals surface area contributed by atoms with Crippen LogP contribution in [0.25, 0.3) is 0 Å². The molecule has 0 fully saturated rings. The molecular weight excluding hydrogens is 394 g/mol. The maximum absolute atomic E-state index is 12.8. The zero-order valence-corrected chi connectivity index (χ0v) is 14.6. The van der Waals surface area contributed by atoms with E-state index < -0.39 is 36.1 Å². The highest BCUT2D eigenvalue weighted by atomic mass is 32.2. The molecule has 3 N–H and O–H groups in total. The minimum absolute atomic E-state index is 0.240. The van der Waals surface area contributed by atoms with Gasteiger partial charge in [-0.3, -0.25) is 19.1 Å². The van der Waals surface area contributed by atoms with Crippen LogP contribution < -0.4 is 0 Å². The standard InChI is InChI=1S/C11H15F3NO6PS2/c1-3-5-23-11(22(19,20)21,24-6-4-2)15(7-8(16)17)9(18)10(12,13)14/h3-4H,1-2,5-7H2,(H,16,17)(H2,19,20,21). The van der Waals surface area contributed by atoms with Gasteiger partial charge in [-0.15, -0.1) is 36.7 Å². The van der Waals surface area contributed by atoms with Crippen LogP contribution in [0.5, 0.6) is 0 Å². The van der Waals surface area contributed by atoms with E-state index >= 15 is 0 Å². The molecule has 0 saturated heterocycles. The van der Waals surface area contributed by atoms with Crippen molar-refractivity contribution in [2.24, 2.45) is 0 Å². The molecule has 0 heterocycles. The van der Waals surface area contributed by atoms with Crippen LogP contribution in [0.3, 0.4) is 0 Å². The molecule has 13 heteroatoms. The first-order valence-electron chi connectivity index (χ1n) is 5.99. The van der Waals surface area contributed by atoms with Crippen molar-refractivity contribution in [2.45, 2.75) is 10.1 Å². The Kier molecular flexibility index (Phi) is 8.60. The number of amides is 1. The summed E-state index contributed by atoms with van der Waals surface area (Å²) >= 11 is 0.572. The number of thioether (sulfide) groups is 2. The van der Waals surface area contributed by atoms with Crippen LogP contribution in [-0.4, -0.2) is 59.8 Å². The van der Waals surface area contributed by atoms with Crippen LogP contribution in [0, 0.1) is 0 Å². The van der Waals surface area contributed by atoms with Gasteiger partial charge in [0.05, 0.1) is 0 Å². The second-order valence-corrected chi connectivity index (χ2v) is 9.10. The molecule has 0 rings (SSSR count). The summed E-state index contributed by atoms with van der Waals surface area (Å²) in [6.45, 7) is 5.05. The predicted molar refractivity (Wildman–Crippen MR) is 85.5 cm³/mol. The molecular formula is C11H15F3NO6PS2. The zero-order chi connectivity index (χ0) is 19.2. The lowest BCUT2D eigenvalue weighted by Crippen LogP contribution is -2.54. The third-order valence-corrected chi connectivity index (χ3v) is 8.15. The molecule has 0 radical (unpaired) electrons. The van der Waals surface area contributed by atoms with E-state index in [0.29, 0.717) is 0 Å². The number of carboxylic acid groups (broad SMARTS) is 1. The summed E-state index contributed by atoms with van der Waals surface area (Å²) in [5.41, 5.74) is 0. The van der Waals surface area contributed by atoms with Gasteiger partial charge in [0.1, 0.15) is 6.54 Å². The van der Waals surface area contributed by atoms with Crippen LogP contribution in [-0.2, 0) is 14.2 Å². The Hall–Kier alpha value is -0.940. The van der Waals surface area contributed by atoms with Crippen molar-refractivity contribution in [3.63, 3.8) is 0 Å². The molecule has 0 aromatic carbocycles. The molecule has 24 heavy (non-hydrogen) atoms. The largest absolute Gasteiger partial charge is 0.480 e. The Labute approximate surface area is 144 Å². The van der Waals surface area contributed by atoms with E-state index in [4.69, 9.17) is 5.11 Å². The average Bonchev–Trinajstić information content (AvgIpc) is 2.42. The maximum atomic E-state index is 12.8. The van der Waals surface area contributed by atoms with Crippen LogP contribution >= 0.6 is 31.1 Å². The molecule has 0 aromatic heterocycles. The topological polar surface area (TPSA) is 115 Å². The third kappa shape index (κ3) is 5.85. The van der Waals surface area contributed by atoms with Gasteiger partial charge in [0.25, 0.3) is 0 Å². The molecule has 0 aliphatic rings. The van der Waals surface area contributed by atoms with E-state index in [0.717, 1.165) is 12.2 Å². The second kappa shape index (κ2) is 8.95. The Balaban J connectivity index is 6.34. The average molecular weight is 409 g/mol. The van der Waals surface area contributed by atoms with Crippen molar-refractivity contribution in [1.82, 2.24) is 4.90 Å². The summed E-state index contributed by atoms with van der Waals surface area (Å²) in [7, 11) is -5.43. The molecule has 7 nitrogen and oxygen atoms in total. The van der Waals surface area contributed by atoms with E-state index in [2.05, 4.69) is 13.2 Å². The molecule has 0 aliphatic carbocycles. The number of carbonyl (C=O) groups is 2. The van der Waals surface area contributed by atoms with Crippen molar-refractivity contribution >= 4 is 43.0 Å². The summed E-state index contributed by atoms with van der Waals surface area (Å²) in [6.07, 6.45) is -3.21. The number of hydrogen-bond donors (Lipinski definition) is 3. The van der Waals surface area contributed by atoms with Crippen molar-refractivity contribution in [1.29, 1.82) is 0 Å². The van der Waals surface area contributed by atoms with E-state index in [-0.39, 0.29) is 39.9 Å². The fraction of sp³-hybridized carbons (Fsp3) is 0.455. The van der Waals surface area contributed by atoms with E-state index in [1.807, 2.05) is 0 Å². The summed E-state index contributed by atoms with van der Waals surface area (Å²) < 4.78 is 47.6. The van der Waals surface area contributed by atoms with Gasteiger partial charge >= 0.3 is 25.6 Å². The van der Waals surface area contributed by atoms with Gasteiger partial charge in [-0.25, -0.2) is 0 Å². The highest BCUT2D eigenvalue weighted by molar-refractivity contribution is 8.25. The molecule has 0 unspecified atom stereocenters. The quantitative estimate of drug-likeness (QED) is 0.285. The molecule has 0 atom stereocenters. The van der Waals surface area contributed by atoms with Crippen molar-refractivity contribution in [3.05, 3.63) is 25.3 Å². The first-order chi connectivity index (χ1) is 10.8. The molecule has 1 amide bonds. The van der Waals surface area contributed by atoms with Crippen molar-refractivity contribution < 1.29 is 42.2 Å². The van der Waals surface area contributed by atoms with Gasteiger partial charge in [0.2, 0.25) is 3.94 Å². The Bertz CT molecular complexity index is 538. The number of nitrogens with zero attached hydrogens (tertiary/aromatic N) is 1. The van der Waals surface area contributed by atoms with Crippen LogP contribution in [0.15, 0.2) is 25.3 Å². The number of alkyl halides is 3. The van der Waals surface area contributed by atoms with E-state index in [9.17, 15) is 37.1 Å². The molecule has 0 saturated carbocycles. The minimum atomic E-state index is -5.51. The lowest BCUT2D eigenvalue weighted by atomic mass is 10.5. The number of aliphatic carboxylic acids is 1. The maximum Gasteiger partial charge on any atom is 0.471 e. The van der Waals surface area contributed by atoms with Crippen LogP contribution in [0.2, 0.25) is 0 Å². The van der Waals surface area contributed by atoms with Crippen LogP contribution in [0.1, 0.15) is 0 Å². The smallest absolute Gasteiger partial charge is 0.471 e. The Morgan fingerprint density at radius 2 is 1.54 bits per heavy atom. The second-order valence-electron chi connectivity index (χ2n) is 4.07. The molecule has 0 aromatic rings. The number of carboxylic acids is 1. The number of carbonyl (C=O) groups excluding carboxylic acids is 1. The van der Waals surface area contributed by atoms with Gasteiger partial charge < -0.3 is 14.9 Å². The molecule has 0 spiro atoms. The zero-order valence-electron chi connectivity index (χ0n) is 12.1. The number of halogens is 3. The lowest BCUT2D eigenvalue weighted by molar-refractivity contribution is -0.187. The highest BCUT2D eigenvalue weighted by Gasteiger charge is 2.59. The Morgan fingerprint density at radius 1 is 1.12 bits per heavy atom. The normalized spacial score (nSPS) is 12.5. The highest BCUT2D eigenvalue weighted by Crippen LogP contribution is 2.65. The predicted octanol–water partition coefficient (Wildman–Crippen LogP) is 2.09. The molecule has 138 valence electrons. The molecule has 0 bridgehead atoms. The molecule has 0 aliphatic heterocycles. The Morgan fingerprint density at radius 3 is 1.79 bits per heavy atom. The van der Waals surface area contributed by atoms with Crippen molar-refractivity contribution in [2.75, 3.05) is 18.1 Å². The summed E-state index contributed by atoms with van der Waals surface area (Å²) in [5.74, 6) is -5.00. The van der Waals surface area contributed by atoms with E-state index in [1.54, 1.807) is 0 Å².